The average Bonchev–Trinajstić information content (AvgIpc) is 1.66. The van der Waals surface area contributed by atoms with Crippen molar-refractivity contribution in [3.8, 4) is 78.9 Å². The fourth-order valence-corrected chi connectivity index (χ4v) is 15.9. The van der Waals surface area contributed by atoms with Gasteiger partial charge in [-0.15, -0.1) is 0 Å². The maximum absolute atomic E-state index is 5.88. The van der Waals surface area contributed by atoms with Crippen molar-refractivity contribution in [1.29, 1.82) is 0 Å². The quantitative estimate of drug-likeness (QED) is 0.176. The van der Waals surface area contributed by atoms with Gasteiger partial charge in [-0.05, 0) is 119 Å². The van der Waals surface area contributed by atoms with Gasteiger partial charge in [0.05, 0.1) is 32.9 Å². The second kappa shape index (κ2) is 16.0. The molecule has 0 fully saturated rings. The van der Waals surface area contributed by atoms with Gasteiger partial charge < -0.3 is 4.57 Å². The van der Waals surface area contributed by atoms with Crippen molar-refractivity contribution < 1.29 is 0 Å². The van der Waals surface area contributed by atoms with Crippen LogP contribution in [0.15, 0.2) is 273 Å². The summed E-state index contributed by atoms with van der Waals surface area (Å²) in [6, 6.07) is 101. The fraction of sp³-hybridized carbons (Fsp3) is 0.0260. The first-order chi connectivity index (χ1) is 40.7. The Kier molecular flexibility index (Phi) is 8.60. The van der Waals surface area contributed by atoms with Crippen LogP contribution in [0.4, 0.5) is 0 Å². The Morgan fingerprint density at radius 3 is 1.12 bits per heavy atom. The van der Waals surface area contributed by atoms with E-state index in [1.54, 1.807) is 0 Å². The first-order valence-electron chi connectivity index (χ1n) is 28.4. The lowest BCUT2D eigenvalue weighted by Crippen LogP contribution is -2.25. The van der Waals surface area contributed by atoms with Crippen molar-refractivity contribution in [3.05, 3.63) is 317 Å². The molecule has 0 amide bonds. The first-order valence-corrected chi connectivity index (χ1v) is 28.4. The fourth-order valence-electron chi connectivity index (χ4n) is 15.9. The van der Waals surface area contributed by atoms with Crippen LogP contribution in [0.25, 0.3) is 123 Å². The van der Waals surface area contributed by atoms with Gasteiger partial charge in [0.1, 0.15) is 0 Å². The molecule has 3 aromatic heterocycles. The van der Waals surface area contributed by atoms with E-state index in [9.17, 15) is 0 Å². The monoisotopic (exact) mass is 1040 g/mol. The molecule has 0 aliphatic heterocycles. The Morgan fingerprint density at radius 2 is 0.622 bits per heavy atom. The van der Waals surface area contributed by atoms with Gasteiger partial charge in [0.15, 0.2) is 11.6 Å². The second-order valence-electron chi connectivity index (χ2n) is 22.4. The van der Waals surface area contributed by atoms with Crippen molar-refractivity contribution in [2.45, 2.75) is 10.8 Å². The number of fused-ring (bicyclic) bond motifs is 27. The smallest absolute Gasteiger partial charge is 0.238 e. The van der Waals surface area contributed by atoms with Gasteiger partial charge in [-0.1, -0.05) is 243 Å². The van der Waals surface area contributed by atoms with E-state index in [4.69, 9.17) is 15.0 Å². The molecule has 2 spiro atoms. The standard InChI is InChI=1S/C77H45N5/c1-2-22-46(23-3-1)81-67-43-19-11-31-55(67)71-68(81)45-44-52-51-28-10-18-42-66(51)82(72(52)71)75-79-73(56-32-20-40-64-69(56)53-29-8-16-38-62(53)76(64)58-34-12-4-24-47(58)48-25-5-13-35-59(48)76)78-74(80-75)57-33-21-41-65-70(57)54-30-9-17-39-63(54)77(65)60-36-14-6-26-49(60)50-27-7-15-37-61(50)77/h1-45H. The molecule has 0 N–H and O–H groups in total. The third kappa shape index (κ3) is 5.32. The molecular formula is C77H45N5. The number of hydrogen-bond acceptors (Lipinski definition) is 3. The normalized spacial score (nSPS) is 14.0. The van der Waals surface area contributed by atoms with Crippen LogP contribution in [0.1, 0.15) is 44.5 Å². The Balaban J connectivity index is 0.950. The molecule has 0 saturated heterocycles. The van der Waals surface area contributed by atoms with Gasteiger partial charge in [-0.25, -0.2) is 4.98 Å². The number of rotatable bonds is 4. The van der Waals surface area contributed by atoms with E-state index in [0.29, 0.717) is 17.6 Å². The highest BCUT2D eigenvalue weighted by Gasteiger charge is 2.54. The summed E-state index contributed by atoms with van der Waals surface area (Å²) in [5, 5.41) is 4.56. The third-order valence-electron chi connectivity index (χ3n) is 18.8. The van der Waals surface area contributed by atoms with E-state index in [-0.39, 0.29) is 0 Å². The van der Waals surface area contributed by atoms with Gasteiger partial charge >= 0.3 is 0 Å². The molecule has 378 valence electrons. The zero-order valence-corrected chi connectivity index (χ0v) is 44.2. The molecule has 0 bridgehead atoms. The van der Waals surface area contributed by atoms with E-state index in [2.05, 4.69) is 282 Å². The number of hydrogen-bond donors (Lipinski definition) is 0. The molecular weight excluding hydrogens is 995 g/mol. The van der Waals surface area contributed by atoms with Gasteiger partial charge in [0.25, 0.3) is 0 Å². The van der Waals surface area contributed by atoms with E-state index < -0.39 is 10.8 Å². The van der Waals surface area contributed by atoms with E-state index in [1.807, 2.05) is 0 Å². The second-order valence-corrected chi connectivity index (χ2v) is 22.4. The summed E-state index contributed by atoms with van der Waals surface area (Å²) in [7, 11) is 0. The molecule has 0 unspecified atom stereocenters. The molecule has 4 aliphatic rings. The van der Waals surface area contributed by atoms with Crippen LogP contribution in [-0.4, -0.2) is 24.1 Å². The Labute approximate surface area is 472 Å². The summed E-state index contributed by atoms with van der Waals surface area (Å²) in [6.45, 7) is 0. The van der Waals surface area contributed by atoms with Crippen LogP contribution in [0.2, 0.25) is 0 Å². The lowest BCUT2D eigenvalue weighted by Gasteiger charge is -2.30. The molecule has 19 rings (SSSR count). The number of nitrogens with zero attached hydrogens (tertiary/aromatic N) is 5. The molecule has 0 saturated carbocycles. The minimum Gasteiger partial charge on any atom is -0.309 e. The van der Waals surface area contributed by atoms with Crippen LogP contribution < -0.4 is 0 Å². The minimum absolute atomic E-state index is 0.550. The van der Waals surface area contributed by atoms with Crippen molar-refractivity contribution >= 4 is 43.6 Å². The van der Waals surface area contributed by atoms with Crippen molar-refractivity contribution in [1.82, 2.24) is 24.1 Å². The number of benzene rings is 12. The highest BCUT2D eigenvalue weighted by Crippen LogP contribution is 2.66. The molecule has 5 heteroatoms. The third-order valence-corrected chi connectivity index (χ3v) is 18.8. The Morgan fingerprint density at radius 1 is 0.244 bits per heavy atom. The predicted octanol–water partition coefficient (Wildman–Crippen LogP) is 18.1. The van der Waals surface area contributed by atoms with Crippen LogP contribution in [-0.2, 0) is 10.8 Å². The highest BCUT2D eigenvalue weighted by atomic mass is 15.2. The summed E-state index contributed by atoms with van der Waals surface area (Å²) >= 11 is 0. The molecule has 3 heterocycles. The molecule has 12 aromatic carbocycles. The maximum Gasteiger partial charge on any atom is 0.238 e. The predicted molar refractivity (Wildman–Crippen MR) is 332 cm³/mol. The average molecular weight is 1040 g/mol. The lowest BCUT2D eigenvalue weighted by atomic mass is 9.70. The zero-order valence-electron chi connectivity index (χ0n) is 44.2. The van der Waals surface area contributed by atoms with Crippen molar-refractivity contribution in [2.75, 3.05) is 0 Å². The Hall–Kier alpha value is -10.8. The summed E-state index contributed by atoms with van der Waals surface area (Å²) in [5.41, 5.74) is 26.2. The maximum atomic E-state index is 5.88. The number of para-hydroxylation sites is 3. The SMILES string of the molecule is c1ccc(-n2c3ccccc3c3c2ccc2c4ccccc4n(-c4nc(-c5cccc6c5-c5ccccc5C65c6ccccc6-c6ccccc65)nc(-c5cccc6c5-c5ccccc5C65c6ccccc6-c6ccccc65)n4)c23)cc1. The van der Waals surface area contributed by atoms with Crippen LogP contribution in [0, 0.1) is 0 Å². The highest BCUT2D eigenvalue weighted by molar-refractivity contribution is 6.26. The van der Waals surface area contributed by atoms with Crippen LogP contribution in [0.5, 0.6) is 0 Å². The van der Waals surface area contributed by atoms with Crippen molar-refractivity contribution in [2.24, 2.45) is 0 Å². The lowest BCUT2D eigenvalue weighted by molar-refractivity contribution is 0.793. The van der Waals surface area contributed by atoms with Gasteiger partial charge in [0, 0.05) is 38.4 Å². The molecule has 82 heavy (non-hydrogen) atoms. The summed E-state index contributed by atoms with van der Waals surface area (Å²) in [5.74, 6) is 1.78. The zero-order chi connectivity index (χ0) is 53.4. The molecule has 0 atom stereocenters. The summed E-state index contributed by atoms with van der Waals surface area (Å²) in [4.78, 5) is 17.6. The van der Waals surface area contributed by atoms with E-state index in [1.165, 1.54) is 77.9 Å². The summed E-state index contributed by atoms with van der Waals surface area (Å²) in [6.07, 6.45) is 0. The van der Waals surface area contributed by atoms with Gasteiger partial charge in [-0.3, -0.25) is 4.57 Å². The Bertz CT molecular complexity index is 5010. The van der Waals surface area contributed by atoms with Crippen LogP contribution in [0.3, 0.4) is 0 Å². The minimum atomic E-state index is -0.550. The molecule has 5 nitrogen and oxygen atoms in total. The first kappa shape index (κ1) is 44.1. The van der Waals surface area contributed by atoms with Gasteiger partial charge in [0.2, 0.25) is 5.95 Å². The molecule has 15 aromatic rings. The van der Waals surface area contributed by atoms with Gasteiger partial charge in [-0.2, -0.15) is 9.97 Å². The largest absolute Gasteiger partial charge is 0.309 e. The van der Waals surface area contributed by atoms with E-state index in [0.717, 1.165) is 71.6 Å². The number of aromatic nitrogens is 5. The molecule has 0 radical (unpaired) electrons. The molecule has 4 aliphatic carbocycles. The van der Waals surface area contributed by atoms with Crippen molar-refractivity contribution in [3.63, 3.8) is 0 Å². The topological polar surface area (TPSA) is 48.5 Å². The van der Waals surface area contributed by atoms with E-state index >= 15 is 0 Å². The summed E-state index contributed by atoms with van der Waals surface area (Å²) < 4.78 is 4.74. The van der Waals surface area contributed by atoms with Crippen LogP contribution >= 0.6 is 0 Å².